The van der Waals surface area contributed by atoms with Crippen LogP contribution in [0.1, 0.15) is 17.5 Å². The second kappa shape index (κ2) is 6.88. The van der Waals surface area contributed by atoms with Gasteiger partial charge in [-0.1, -0.05) is 0 Å². The van der Waals surface area contributed by atoms with Crippen molar-refractivity contribution in [2.24, 2.45) is 0 Å². The maximum atomic E-state index is 12.2. The molecule has 0 saturated carbocycles. The summed E-state index contributed by atoms with van der Waals surface area (Å²) < 4.78 is 32.2. The predicted octanol–water partition coefficient (Wildman–Crippen LogP) is 1.20. The number of methoxy groups -OCH3 is 1. The molecular weight excluding hydrogens is 264 g/mol. The lowest BCUT2D eigenvalue weighted by Gasteiger charge is -2.12. The molecule has 108 valence electrons. The first-order valence-corrected chi connectivity index (χ1v) is 7.70. The maximum absolute atomic E-state index is 12.2. The Labute approximate surface area is 115 Å². The quantitative estimate of drug-likeness (QED) is 0.739. The second-order valence-electron chi connectivity index (χ2n) is 4.44. The van der Waals surface area contributed by atoms with Crippen LogP contribution < -0.4 is 14.8 Å². The summed E-state index contributed by atoms with van der Waals surface area (Å²) in [5, 5.41) is 2.98. The maximum Gasteiger partial charge on any atom is 0.240 e. The van der Waals surface area contributed by atoms with Crippen molar-refractivity contribution < 1.29 is 13.2 Å². The largest absolute Gasteiger partial charge is 0.496 e. The van der Waals surface area contributed by atoms with E-state index in [1.54, 1.807) is 26.2 Å². The fourth-order valence-electron chi connectivity index (χ4n) is 1.82. The van der Waals surface area contributed by atoms with E-state index >= 15 is 0 Å². The molecule has 0 saturated heterocycles. The van der Waals surface area contributed by atoms with Crippen molar-refractivity contribution >= 4 is 10.0 Å². The smallest absolute Gasteiger partial charge is 0.240 e. The van der Waals surface area contributed by atoms with Gasteiger partial charge in [-0.05, 0) is 57.1 Å². The van der Waals surface area contributed by atoms with Gasteiger partial charge in [0.1, 0.15) is 5.75 Å². The lowest BCUT2D eigenvalue weighted by atomic mass is 10.1. The lowest BCUT2D eigenvalue weighted by molar-refractivity contribution is 0.411. The van der Waals surface area contributed by atoms with Crippen LogP contribution in [0.2, 0.25) is 0 Å². The Hall–Kier alpha value is -1.11. The van der Waals surface area contributed by atoms with Crippen LogP contribution in [0.5, 0.6) is 5.75 Å². The van der Waals surface area contributed by atoms with Gasteiger partial charge in [0.05, 0.1) is 12.0 Å². The molecule has 5 nitrogen and oxygen atoms in total. The zero-order valence-electron chi connectivity index (χ0n) is 11.9. The van der Waals surface area contributed by atoms with Crippen molar-refractivity contribution in [1.29, 1.82) is 0 Å². The molecule has 0 atom stereocenters. The van der Waals surface area contributed by atoms with Gasteiger partial charge in [-0.25, -0.2) is 13.1 Å². The van der Waals surface area contributed by atoms with E-state index in [-0.39, 0.29) is 0 Å². The number of ether oxygens (including phenoxy) is 1. The number of aryl methyl sites for hydroxylation is 2. The Bertz CT molecular complexity index is 527. The molecule has 2 N–H and O–H groups in total. The summed E-state index contributed by atoms with van der Waals surface area (Å²) in [6.07, 6.45) is 0.754. The highest BCUT2D eigenvalue weighted by Gasteiger charge is 2.18. The molecule has 0 amide bonds. The summed E-state index contributed by atoms with van der Waals surface area (Å²) in [6, 6.07) is 3.39. The van der Waals surface area contributed by atoms with E-state index in [0.29, 0.717) is 22.8 Å². The van der Waals surface area contributed by atoms with Crippen molar-refractivity contribution in [3.05, 3.63) is 23.3 Å². The summed E-state index contributed by atoms with van der Waals surface area (Å²) in [4.78, 5) is 0.315. The van der Waals surface area contributed by atoms with Crippen LogP contribution in [0.3, 0.4) is 0 Å². The van der Waals surface area contributed by atoms with Crippen LogP contribution in [-0.2, 0) is 10.0 Å². The van der Waals surface area contributed by atoms with Crippen LogP contribution in [0.25, 0.3) is 0 Å². The highest BCUT2D eigenvalue weighted by molar-refractivity contribution is 7.89. The topological polar surface area (TPSA) is 67.4 Å². The van der Waals surface area contributed by atoms with Gasteiger partial charge in [0.25, 0.3) is 0 Å². The molecule has 0 bridgehead atoms. The molecule has 0 spiro atoms. The number of hydrogen-bond acceptors (Lipinski definition) is 4. The molecule has 0 heterocycles. The van der Waals surface area contributed by atoms with Crippen molar-refractivity contribution in [2.45, 2.75) is 25.2 Å². The molecule has 0 aliphatic rings. The van der Waals surface area contributed by atoms with Gasteiger partial charge in [0, 0.05) is 6.54 Å². The molecule has 0 fully saturated rings. The molecule has 0 aliphatic carbocycles. The fourth-order valence-corrected chi connectivity index (χ4v) is 3.21. The first-order valence-electron chi connectivity index (χ1n) is 6.22. The van der Waals surface area contributed by atoms with E-state index in [4.69, 9.17) is 4.74 Å². The van der Waals surface area contributed by atoms with Gasteiger partial charge in [-0.3, -0.25) is 0 Å². The van der Waals surface area contributed by atoms with Crippen molar-refractivity contribution in [3.8, 4) is 5.75 Å². The van der Waals surface area contributed by atoms with E-state index in [2.05, 4.69) is 10.0 Å². The number of benzene rings is 1. The average molecular weight is 286 g/mol. The van der Waals surface area contributed by atoms with Gasteiger partial charge in [-0.2, -0.15) is 0 Å². The third-order valence-corrected chi connectivity index (χ3v) is 4.48. The van der Waals surface area contributed by atoms with Crippen molar-refractivity contribution in [1.82, 2.24) is 10.0 Å². The Morgan fingerprint density at radius 2 is 1.84 bits per heavy atom. The zero-order valence-corrected chi connectivity index (χ0v) is 12.7. The van der Waals surface area contributed by atoms with Crippen molar-refractivity contribution in [3.63, 3.8) is 0 Å². The SMILES string of the molecule is CNCCCNS(=O)(=O)c1cc(C)c(OC)cc1C. The van der Waals surface area contributed by atoms with E-state index in [1.165, 1.54) is 0 Å². The third kappa shape index (κ3) is 4.19. The minimum atomic E-state index is -3.45. The monoisotopic (exact) mass is 286 g/mol. The highest BCUT2D eigenvalue weighted by atomic mass is 32.2. The van der Waals surface area contributed by atoms with E-state index in [9.17, 15) is 8.42 Å². The lowest BCUT2D eigenvalue weighted by Crippen LogP contribution is -2.27. The van der Waals surface area contributed by atoms with E-state index in [1.807, 2.05) is 14.0 Å². The normalized spacial score (nSPS) is 11.6. The van der Waals surface area contributed by atoms with Gasteiger partial charge < -0.3 is 10.1 Å². The van der Waals surface area contributed by atoms with Crippen LogP contribution in [0.15, 0.2) is 17.0 Å². The molecular formula is C13H22N2O3S. The second-order valence-corrected chi connectivity index (χ2v) is 6.18. The molecule has 0 unspecified atom stereocenters. The first kappa shape index (κ1) is 15.9. The number of nitrogens with one attached hydrogen (secondary N) is 2. The van der Waals surface area contributed by atoms with E-state index in [0.717, 1.165) is 18.5 Å². The molecule has 19 heavy (non-hydrogen) atoms. The van der Waals surface area contributed by atoms with Crippen LogP contribution in [-0.4, -0.2) is 35.7 Å². The standard InChI is InChI=1S/C13H22N2O3S/c1-10-9-13(11(2)8-12(10)18-4)19(16,17)15-7-5-6-14-3/h8-9,14-15H,5-7H2,1-4H3. The third-order valence-electron chi connectivity index (χ3n) is 2.88. The highest BCUT2D eigenvalue weighted by Crippen LogP contribution is 2.25. The predicted molar refractivity (Wildman–Crippen MR) is 76.2 cm³/mol. The van der Waals surface area contributed by atoms with Crippen LogP contribution in [0.4, 0.5) is 0 Å². The molecule has 6 heteroatoms. The van der Waals surface area contributed by atoms with Crippen LogP contribution >= 0.6 is 0 Å². The number of hydrogen-bond donors (Lipinski definition) is 2. The van der Waals surface area contributed by atoms with Gasteiger partial charge in [0.2, 0.25) is 10.0 Å². The number of sulfonamides is 1. The zero-order chi connectivity index (χ0) is 14.5. The van der Waals surface area contributed by atoms with E-state index < -0.39 is 10.0 Å². The summed E-state index contributed by atoms with van der Waals surface area (Å²) in [5.74, 6) is 0.701. The number of rotatable bonds is 7. The first-order chi connectivity index (χ1) is 8.92. The molecule has 0 aromatic heterocycles. The van der Waals surface area contributed by atoms with Crippen LogP contribution in [0, 0.1) is 13.8 Å². The minimum absolute atomic E-state index is 0.315. The Balaban J connectivity index is 2.92. The minimum Gasteiger partial charge on any atom is -0.496 e. The molecule has 0 aliphatic heterocycles. The van der Waals surface area contributed by atoms with Gasteiger partial charge in [-0.15, -0.1) is 0 Å². The summed E-state index contributed by atoms with van der Waals surface area (Å²) in [5.41, 5.74) is 1.49. The van der Waals surface area contributed by atoms with Gasteiger partial charge >= 0.3 is 0 Å². The molecule has 1 aromatic rings. The van der Waals surface area contributed by atoms with Gasteiger partial charge in [0.15, 0.2) is 0 Å². The molecule has 1 aromatic carbocycles. The Morgan fingerprint density at radius 3 is 2.42 bits per heavy atom. The Morgan fingerprint density at radius 1 is 1.16 bits per heavy atom. The molecule has 0 radical (unpaired) electrons. The summed E-state index contributed by atoms with van der Waals surface area (Å²) >= 11 is 0. The average Bonchev–Trinajstić information content (AvgIpc) is 2.36. The molecule has 1 rings (SSSR count). The summed E-state index contributed by atoms with van der Waals surface area (Å²) in [7, 11) is -0.0381. The van der Waals surface area contributed by atoms with Crippen molar-refractivity contribution in [2.75, 3.05) is 27.2 Å². The fraction of sp³-hybridized carbons (Fsp3) is 0.538. The Kier molecular flexibility index (Phi) is 5.78. The summed E-state index contributed by atoms with van der Waals surface area (Å²) in [6.45, 7) is 4.80.